The lowest BCUT2D eigenvalue weighted by Gasteiger charge is -2.24. The van der Waals surface area contributed by atoms with Crippen molar-refractivity contribution >= 4 is 0 Å². The zero-order valence-electron chi connectivity index (χ0n) is 8.16. The standard InChI is InChI=1S/C10H16N2O/c1-10(2,5-8-13-11)9-3-6-12-7-4-9/h3-4,6-7H,5,8,11H2,1-2H3. The minimum absolute atomic E-state index is 0.0995. The topological polar surface area (TPSA) is 48.1 Å². The molecule has 0 aliphatic carbocycles. The van der Waals surface area contributed by atoms with Crippen LogP contribution in [0.3, 0.4) is 0 Å². The Kier molecular flexibility index (Phi) is 3.39. The average Bonchev–Trinajstić information content (AvgIpc) is 2.16. The van der Waals surface area contributed by atoms with Crippen LogP contribution >= 0.6 is 0 Å². The number of pyridine rings is 1. The summed E-state index contributed by atoms with van der Waals surface area (Å²) in [5.41, 5.74) is 1.36. The summed E-state index contributed by atoms with van der Waals surface area (Å²) in [6.07, 6.45) is 4.52. The molecule has 0 aliphatic heterocycles. The molecular formula is C10H16N2O. The second kappa shape index (κ2) is 4.35. The summed E-state index contributed by atoms with van der Waals surface area (Å²) >= 11 is 0. The van der Waals surface area contributed by atoms with Crippen molar-refractivity contribution in [2.75, 3.05) is 6.61 Å². The maximum absolute atomic E-state index is 5.00. The van der Waals surface area contributed by atoms with Crippen molar-refractivity contribution in [2.45, 2.75) is 25.7 Å². The molecule has 72 valence electrons. The van der Waals surface area contributed by atoms with Gasteiger partial charge in [0.05, 0.1) is 6.61 Å². The Balaban J connectivity index is 2.69. The molecular weight excluding hydrogens is 164 g/mol. The molecule has 0 aliphatic rings. The van der Waals surface area contributed by atoms with Gasteiger partial charge < -0.3 is 4.84 Å². The SMILES string of the molecule is CC(C)(CCON)c1ccncc1. The predicted octanol–water partition coefficient (Wildman–Crippen LogP) is 1.64. The highest BCUT2D eigenvalue weighted by Crippen LogP contribution is 2.25. The molecule has 1 heterocycles. The largest absolute Gasteiger partial charge is 0.305 e. The van der Waals surface area contributed by atoms with E-state index in [0.717, 1.165) is 6.42 Å². The van der Waals surface area contributed by atoms with Crippen LogP contribution in [-0.2, 0) is 10.3 Å². The van der Waals surface area contributed by atoms with Gasteiger partial charge in [-0.2, -0.15) is 0 Å². The zero-order valence-corrected chi connectivity index (χ0v) is 8.16. The van der Waals surface area contributed by atoms with E-state index < -0.39 is 0 Å². The van der Waals surface area contributed by atoms with Crippen molar-refractivity contribution < 1.29 is 4.84 Å². The summed E-state index contributed by atoms with van der Waals surface area (Å²) in [5.74, 6) is 5.00. The van der Waals surface area contributed by atoms with E-state index in [4.69, 9.17) is 5.90 Å². The van der Waals surface area contributed by atoms with E-state index in [2.05, 4.69) is 23.7 Å². The van der Waals surface area contributed by atoms with Gasteiger partial charge >= 0.3 is 0 Å². The van der Waals surface area contributed by atoms with E-state index in [-0.39, 0.29) is 5.41 Å². The molecule has 13 heavy (non-hydrogen) atoms. The van der Waals surface area contributed by atoms with Gasteiger partial charge in [0, 0.05) is 12.4 Å². The normalized spacial score (nSPS) is 11.6. The fraction of sp³-hybridized carbons (Fsp3) is 0.500. The quantitative estimate of drug-likeness (QED) is 0.716. The zero-order chi connectivity index (χ0) is 9.73. The average molecular weight is 180 g/mol. The highest BCUT2D eigenvalue weighted by atomic mass is 16.6. The van der Waals surface area contributed by atoms with Crippen LogP contribution in [0.4, 0.5) is 0 Å². The van der Waals surface area contributed by atoms with Gasteiger partial charge in [-0.15, -0.1) is 0 Å². The molecule has 0 unspecified atom stereocenters. The molecule has 0 atom stereocenters. The fourth-order valence-electron chi connectivity index (χ4n) is 1.26. The summed E-state index contributed by atoms with van der Waals surface area (Å²) in [6, 6.07) is 4.05. The van der Waals surface area contributed by atoms with Gasteiger partial charge in [0.25, 0.3) is 0 Å². The van der Waals surface area contributed by atoms with Gasteiger partial charge in [-0.3, -0.25) is 4.98 Å². The van der Waals surface area contributed by atoms with E-state index in [1.807, 2.05) is 12.1 Å². The molecule has 0 aromatic carbocycles. The second-order valence-corrected chi connectivity index (χ2v) is 3.74. The number of nitrogens with zero attached hydrogens (tertiary/aromatic N) is 1. The molecule has 0 bridgehead atoms. The number of nitrogens with two attached hydrogens (primary N) is 1. The molecule has 0 fully saturated rings. The molecule has 3 nitrogen and oxygen atoms in total. The summed E-state index contributed by atoms with van der Waals surface area (Å²) in [6.45, 7) is 4.91. The molecule has 3 heteroatoms. The van der Waals surface area contributed by atoms with Crippen molar-refractivity contribution in [3.05, 3.63) is 30.1 Å². The number of rotatable bonds is 4. The minimum atomic E-state index is 0.0995. The number of hydrogen-bond donors (Lipinski definition) is 1. The van der Waals surface area contributed by atoms with Gasteiger partial charge in [-0.1, -0.05) is 13.8 Å². The number of hydrogen-bond acceptors (Lipinski definition) is 3. The molecule has 0 saturated heterocycles. The van der Waals surface area contributed by atoms with E-state index >= 15 is 0 Å². The molecule has 2 N–H and O–H groups in total. The van der Waals surface area contributed by atoms with Crippen LogP contribution in [0, 0.1) is 0 Å². The highest BCUT2D eigenvalue weighted by Gasteiger charge is 2.19. The lowest BCUT2D eigenvalue weighted by molar-refractivity contribution is 0.121. The number of aromatic nitrogens is 1. The van der Waals surface area contributed by atoms with Crippen LogP contribution in [-0.4, -0.2) is 11.6 Å². The first-order chi connectivity index (χ1) is 6.17. The minimum Gasteiger partial charge on any atom is -0.305 e. The first-order valence-electron chi connectivity index (χ1n) is 4.39. The molecule has 0 saturated carbocycles. The van der Waals surface area contributed by atoms with Crippen LogP contribution in [0.1, 0.15) is 25.8 Å². The van der Waals surface area contributed by atoms with Crippen molar-refractivity contribution in [1.29, 1.82) is 0 Å². The van der Waals surface area contributed by atoms with Crippen LogP contribution in [0.2, 0.25) is 0 Å². The first-order valence-corrected chi connectivity index (χ1v) is 4.39. The van der Waals surface area contributed by atoms with Crippen molar-refractivity contribution in [3.63, 3.8) is 0 Å². The molecule has 1 aromatic rings. The Hall–Kier alpha value is -0.930. The van der Waals surface area contributed by atoms with E-state index in [9.17, 15) is 0 Å². The highest BCUT2D eigenvalue weighted by molar-refractivity contribution is 5.20. The fourth-order valence-corrected chi connectivity index (χ4v) is 1.26. The third-order valence-corrected chi connectivity index (χ3v) is 2.31. The first kappa shape index (κ1) is 10.2. The predicted molar refractivity (Wildman–Crippen MR) is 52.0 cm³/mol. The van der Waals surface area contributed by atoms with Gasteiger partial charge in [0.1, 0.15) is 0 Å². The Morgan fingerprint density at radius 1 is 1.38 bits per heavy atom. The third kappa shape index (κ3) is 2.79. The third-order valence-electron chi connectivity index (χ3n) is 2.31. The van der Waals surface area contributed by atoms with Gasteiger partial charge in [-0.05, 0) is 29.5 Å². The summed E-state index contributed by atoms with van der Waals surface area (Å²) < 4.78 is 0. The van der Waals surface area contributed by atoms with Gasteiger partial charge in [0.2, 0.25) is 0 Å². The summed E-state index contributed by atoms with van der Waals surface area (Å²) in [4.78, 5) is 8.57. The summed E-state index contributed by atoms with van der Waals surface area (Å²) in [7, 11) is 0. The molecule has 1 aromatic heterocycles. The maximum atomic E-state index is 5.00. The van der Waals surface area contributed by atoms with Crippen LogP contribution in [0.25, 0.3) is 0 Å². The lowest BCUT2D eigenvalue weighted by Crippen LogP contribution is -2.20. The van der Waals surface area contributed by atoms with E-state index in [1.54, 1.807) is 12.4 Å². The van der Waals surface area contributed by atoms with Gasteiger partial charge in [0.15, 0.2) is 0 Å². The smallest absolute Gasteiger partial charge is 0.0687 e. The Morgan fingerprint density at radius 3 is 2.54 bits per heavy atom. The van der Waals surface area contributed by atoms with Gasteiger partial charge in [-0.25, -0.2) is 5.90 Å². The summed E-state index contributed by atoms with van der Waals surface area (Å²) in [5, 5.41) is 0. The van der Waals surface area contributed by atoms with Crippen molar-refractivity contribution in [1.82, 2.24) is 4.98 Å². The Morgan fingerprint density at radius 2 is 2.00 bits per heavy atom. The Bertz CT molecular complexity index is 246. The van der Waals surface area contributed by atoms with E-state index in [0.29, 0.717) is 6.61 Å². The second-order valence-electron chi connectivity index (χ2n) is 3.74. The molecule has 0 spiro atoms. The van der Waals surface area contributed by atoms with Crippen LogP contribution in [0.15, 0.2) is 24.5 Å². The molecule has 0 radical (unpaired) electrons. The maximum Gasteiger partial charge on any atom is 0.0687 e. The Labute approximate surface area is 78.9 Å². The molecule has 0 amide bonds. The van der Waals surface area contributed by atoms with Crippen molar-refractivity contribution in [3.8, 4) is 0 Å². The van der Waals surface area contributed by atoms with Crippen molar-refractivity contribution in [2.24, 2.45) is 5.90 Å². The lowest BCUT2D eigenvalue weighted by atomic mass is 9.82. The molecule has 1 rings (SSSR count). The van der Waals surface area contributed by atoms with Crippen LogP contribution < -0.4 is 5.90 Å². The monoisotopic (exact) mass is 180 g/mol. The van der Waals surface area contributed by atoms with E-state index in [1.165, 1.54) is 5.56 Å². The van der Waals surface area contributed by atoms with Crippen LogP contribution in [0.5, 0.6) is 0 Å².